The second-order valence-electron chi connectivity index (χ2n) is 7.21. The van der Waals surface area contributed by atoms with Crippen LogP contribution in [0.1, 0.15) is 30.0 Å². The molecule has 0 aliphatic rings. The molecule has 3 aromatic rings. The summed E-state index contributed by atoms with van der Waals surface area (Å²) in [6, 6.07) is 17.0. The highest BCUT2D eigenvalue weighted by atomic mass is 19.1. The largest absolute Gasteiger partial charge is 0.507 e. The fourth-order valence-corrected chi connectivity index (χ4v) is 3.26. The van der Waals surface area contributed by atoms with E-state index >= 15 is 0 Å². The van der Waals surface area contributed by atoms with Crippen molar-refractivity contribution in [1.82, 2.24) is 0 Å². The molecule has 0 saturated carbocycles. The van der Waals surface area contributed by atoms with Gasteiger partial charge >= 0.3 is 5.97 Å². The molecule has 0 radical (unpaired) electrons. The summed E-state index contributed by atoms with van der Waals surface area (Å²) < 4.78 is 23.7. The van der Waals surface area contributed by atoms with Crippen LogP contribution >= 0.6 is 0 Å². The first kappa shape index (κ1) is 23.6. The van der Waals surface area contributed by atoms with Gasteiger partial charge in [-0.3, -0.25) is 0 Å². The SMILES string of the molecule is CCc1cc(-c2ccc(F)cc2)c(O)cc1OCCC=Cc1ccccc1C#CC(=O)OC. The van der Waals surface area contributed by atoms with Crippen molar-refractivity contribution in [3.63, 3.8) is 0 Å². The van der Waals surface area contributed by atoms with Gasteiger partial charge in [0.15, 0.2) is 0 Å². The lowest BCUT2D eigenvalue weighted by molar-refractivity contribution is -0.133. The van der Waals surface area contributed by atoms with Crippen molar-refractivity contribution in [1.29, 1.82) is 0 Å². The molecule has 0 aliphatic heterocycles. The molecule has 0 heterocycles. The monoisotopic (exact) mass is 444 g/mol. The Balaban J connectivity index is 1.66. The van der Waals surface area contributed by atoms with Gasteiger partial charge in [0.2, 0.25) is 0 Å². The molecule has 0 amide bonds. The molecular formula is C28H25FO4. The average Bonchev–Trinajstić information content (AvgIpc) is 2.83. The minimum absolute atomic E-state index is 0.0856. The molecule has 33 heavy (non-hydrogen) atoms. The number of methoxy groups -OCH3 is 1. The number of aromatic hydroxyl groups is 1. The highest BCUT2D eigenvalue weighted by Gasteiger charge is 2.11. The molecule has 0 spiro atoms. The number of phenols is 1. The number of rotatable bonds is 7. The lowest BCUT2D eigenvalue weighted by atomic mass is 10.00. The summed E-state index contributed by atoms with van der Waals surface area (Å²) >= 11 is 0. The van der Waals surface area contributed by atoms with E-state index in [2.05, 4.69) is 16.6 Å². The molecule has 0 aromatic heterocycles. The minimum Gasteiger partial charge on any atom is -0.507 e. The Labute approximate surface area is 193 Å². The Morgan fingerprint density at radius 1 is 1.12 bits per heavy atom. The van der Waals surface area contributed by atoms with Gasteiger partial charge in [0.05, 0.1) is 13.7 Å². The first-order chi connectivity index (χ1) is 16.0. The number of carbonyl (C=O) groups excluding carboxylic acids is 1. The van der Waals surface area contributed by atoms with Gasteiger partial charge in [-0.25, -0.2) is 9.18 Å². The summed E-state index contributed by atoms with van der Waals surface area (Å²) in [7, 11) is 1.29. The fourth-order valence-electron chi connectivity index (χ4n) is 3.26. The fraction of sp³-hybridized carbons (Fsp3) is 0.179. The number of halogens is 1. The Morgan fingerprint density at radius 3 is 2.61 bits per heavy atom. The number of carbonyl (C=O) groups is 1. The zero-order chi connectivity index (χ0) is 23.6. The molecule has 3 rings (SSSR count). The Kier molecular flexibility index (Phi) is 8.26. The van der Waals surface area contributed by atoms with Gasteiger partial charge in [0.25, 0.3) is 0 Å². The van der Waals surface area contributed by atoms with Crippen LogP contribution in [0.15, 0.2) is 66.7 Å². The molecule has 3 aromatic carbocycles. The molecule has 0 bridgehead atoms. The Bertz CT molecular complexity index is 1200. The van der Waals surface area contributed by atoms with E-state index in [1.807, 2.05) is 49.4 Å². The van der Waals surface area contributed by atoms with Crippen molar-refractivity contribution < 1.29 is 23.8 Å². The van der Waals surface area contributed by atoms with Crippen molar-refractivity contribution in [3.05, 3.63) is 89.2 Å². The standard InChI is InChI=1S/C28H25FO4/c1-3-20-18-25(23-11-14-24(29)15-12-23)26(30)19-27(20)33-17-7-6-10-21-8-4-5-9-22(21)13-16-28(31)32-2/h4-6,8-12,14-15,18-19,30H,3,7,17H2,1-2H3. The number of hydrogen-bond acceptors (Lipinski definition) is 4. The van der Waals surface area contributed by atoms with Gasteiger partial charge in [-0.05, 0) is 53.8 Å². The second-order valence-corrected chi connectivity index (χ2v) is 7.21. The van der Waals surface area contributed by atoms with E-state index < -0.39 is 5.97 Å². The van der Waals surface area contributed by atoms with E-state index in [0.29, 0.717) is 24.3 Å². The zero-order valence-corrected chi connectivity index (χ0v) is 18.6. The van der Waals surface area contributed by atoms with Crippen molar-refractivity contribution in [2.24, 2.45) is 0 Å². The zero-order valence-electron chi connectivity index (χ0n) is 18.6. The van der Waals surface area contributed by atoms with Crippen LogP contribution in [-0.4, -0.2) is 24.8 Å². The van der Waals surface area contributed by atoms with Gasteiger partial charge < -0.3 is 14.6 Å². The molecule has 0 aliphatic carbocycles. The predicted octanol–water partition coefficient (Wildman–Crippen LogP) is 5.77. The van der Waals surface area contributed by atoms with E-state index in [9.17, 15) is 14.3 Å². The summed E-state index contributed by atoms with van der Waals surface area (Å²) in [6.45, 7) is 2.44. The number of benzene rings is 3. The molecule has 1 N–H and O–H groups in total. The van der Waals surface area contributed by atoms with Crippen LogP contribution in [0.25, 0.3) is 17.2 Å². The lowest BCUT2D eigenvalue weighted by Gasteiger charge is -2.14. The van der Waals surface area contributed by atoms with Gasteiger partial charge in [0.1, 0.15) is 17.3 Å². The third-order valence-electron chi connectivity index (χ3n) is 5.00. The molecule has 0 unspecified atom stereocenters. The summed E-state index contributed by atoms with van der Waals surface area (Å²) in [5.74, 6) is 5.06. The minimum atomic E-state index is -0.581. The third kappa shape index (κ3) is 6.47. The van der Waals surface area contributed by atoms with E-state index in [1.54, 1.807) is 18.2 Å². The maximum absolute atomic E-state index is 13.2. The van der Waals surface area contributed by atoms with E-state index in [0.717, 1.165) is 28.7 Å². The second kappa shape index (κ2) is 11.5. The van der Waals surface area contributed by atoms with Crippen LogP contribution < -0.4 is 4.74 Å². The number of ether oxygens (including phenoxy) is 2. The average molecular weight is 445 g/mol. The van der Waals surface area contributed by atoms with Crippen molar-refractivity contribution >= 4 is 12.0 Å². The molecule has 168 valence electrons. The predicted molar refractivity (Wildman–Crippen MR) is 127 cm³/mol. The van der Waals surface area contributed by atoms with Gasteiger partial charge in [-0.2, -0.15) is 0 Å². The van der Waals surface area contributed by atoms with Crippen molar-refractivity contribution in [2.75, 3.05) is 13.7 Å². The van der Waals surface area contributed by atoms with Crippen molar-refractivity contribution in [3.8, 4) is 34.5 Å². The smallest absolute Gasteiger partial charge is 0.384 e. The molecule has 0 fully saturated rings. The van der Waals surface area contributed by atoms with Gasteiger partial charge in [-0.1, -0.05) is 55.3 Å². The summed E-state index contributed by atoms with van der Waals surface area (Å²) in [5.41, 5.74) is 3.97. The molecule has 0 saturated heterocycles. The topological polar surface area (TPSA) is 55.8 Å². The van der Waals surface area contributed by atoms with E-state index in [-0.39, 0.29) is 11.6 Å². The van der Waals surface area contributed by atoms with Gasteiger partial charge in [0, 0.05) is 23.1 Å². The highest BCUT2D eigenvalue weighted by molar-refractivity contribution is 5.89. The summed E-state index contributed by atoms with van der Waals surface area (Å²) in [6.07, 6.45) is 5.27. The normalized spacial score (nSPS) is 10.5. The molecule has 4 nitrogen and oxygen atoms in total. The van der Waals surface area contributed by atoms with Crippen LogP contribution in [0.4, 0.5) is 4.39 Å². The number of esters is 1. The Morgan fingerprint density at radius 2 is 1.88 bits per heavy atom. The summed E-state index contributed by atoms with van der Waals surface area (Å²) in [5, 5.41) is 10.5. The first-order valence-corrected chi connectivity index (χ1v) is 10.6. The van der Waals surface area contributed by atoms with Crippen LogP contribution in [0, 0.1) is 17.7 Å². The van der Waals surface area contributed by atoms with E-state index in [1.165, 1.54) is 19.2 Å². The van der Waals surface area contributed by atoms with Crippen LogP contribution in [0.5, 0.6) is 11.5 Å². The van der Waals surface area contributed by atoms with Crippen molar-refractivity contribution in [2.45, 2.75) is 19.8 Å². The lowest BCUT2D eigenvalue weighted by Crippen LogP contribution is -1.99. The van der Waals surface area contributed by atoms with Crippen LogP contribution in [-0.2, 0) is 16.0 Å². The number of phenolic OH excluding ortho intramolecular Hbond substituents is 1. The van der Waals surface area contributed by atoms with Crippen LogP contribution in [0.3, 0.4) is 0 Å². The molecule has 5 heteroatoms. The quantitative estimate of drug-likeness (QED) is 0.286. The number of hydrogen-bond donors (Lipinski definition) is 1. The molecule has 0 atom stereocenters. The maximum atomic E-state index is 13.2. The molecular weight excluding hydrogens is 419 g/mol. The summed E-state index contributed by atoms with van der Waals surface area (Å²) in [4.78, 5) is 11.3. The first-order valence-electron chi connectivity index (χ1n) is 10.6. The highest BCUT2D eigenvalue weighted by Crippen LogP contribution is 2.36. The van der Waals surface area contributed by atoms with Gasteiger partial charge in [-0.15, -0.1) is 0 Å². The van der Waals surface area contributed by atoms with E-state index in [4.69, 9.17) is 4.74 Å². The number of aryl methyl sites for hydroxylation is 1. The maximum Gasteiger partial charge on any atom is 0.384 e. The third-order valence-corrected chi connectivity index (χ3v) is 5.00. The van der Waals surface area contributed by atoms with Crippen LogP contribution in [0.2, 0.25) is 0 Å². The Hall–Kier alpha value is -4.04.